The largest absolute Gasteiger partial charge is 0.493 e. The number of anilines is 1. The normalized spacial score (nSPS) is 20.7. The lowest BCUT2D eigenvalue weighted by Gasteiger charge is -2.32. The summed E-state index contributed by atoms with van der Waals surface area (Å²) in [7, 11) is 4.58. The van der Waals surface area contributed by atoms with E-state index in [4.69, 9.17) is 19.9 Å². The molecule has 0 aliphatic carbocycles. The molecule has 1 unspecified atom stereocenters. The Balaban J connectivity index is 1.78. The van der Waals surface area contributed by atoms with E-state index >= 15 is 0 Å². The van der Waals surface area contributed by atoms with Gasteiger partial charge in [-0.15, -0.1) is 0 Å². The number of nitrogens with zero attached hydrogens (tertiary/aromatic N) is 2. The monoisotopic (exact) mass is 377 g/mol. The summed E-state index contributed by atoms with van der Waals surface area (Å²) >= 11 is 0. The van der Waals surface area contributed by atoms with Gasteiger partial charge in [-0.1, -0.05) is 0 Å². The van der Waals surface area contributed by atoms with E-state index in [9.17, 15) is 9.59 Å². The molecular formula is C19H27N3O5. The Bertz CT molecular complexity index is 690. The van der Waals surface area contributed by atoms with E-state index in [0.29, 0.717) is 42.6 Å². The van der Waals surface area contributed by atoms with E-state index < -0.39 is 0 Å². The topological polar surface area (TPSA) is 94.3 Å². The van der Waals surface area contributed by atoms with Crippen LogP contribution in [-0.4, -0.2) is 63.7 Å². The summed E-state index contributed by atoms with van der Waals surface area (Å²) < 4.78 is 16.1. The van der Waals surface area contributed by atoms with Crippen LogP contribution in [0.2, 0.25) is 0 Å². The molecule has 27 heavy (non-hydrogen) atoms. The minimum absolute atomic E-state index is 0.0326. The van der Waals surface area contributed by atoms with Gasteiger partial charge in [-0.3, -0.25) is 9.59 Å². The van der Waals surface area contributed by atoms with Gasteiger partial charge < -0.3 is 29.7 Å². The minimum atomic E-state index is -0.342. The zero-order valence-corrected chi connectivity index (χ0v) is 16.1. The fraction of sp³-hybridized carbons (Fsp3) is 0.579. The minimum Gasteiger partial charge on any atom is -0.493 e. The molecule has 8 heteroatoms. The second kappa shape index (κ2) is 8.04. The highest BCUT2D eigenvalue weighted by atomic mass is 16.5. The molecule has 1 aromatic rings. The first-order chi connectivity index (χ1) is 13.0. The van der Waals surface area contributed by atoms with E-state index in [1.54, 1.807) is 17.0 Å². The Kier molecular flexibility index (Phi) is 5.74. The Labute approximate surface area is 159 Å². The number of nitrogens with two attached hydrogens (primary N) is 1. The average molecular weight is 377 g/mol. The molecule has 0 saturated carbocycles. The molecule has 0 radical (unpaired) electrons. The van der Waals surface area contributed by atoms with Crippen molar-refractivity contribution in [3.8, 4) is 17.2 Å². The smallest absolute Gasteiger partial charge is 0.228 e. The second-order valence-electron chi connectivity index (χ2n) is 6.95. The third kappa shape index (κ3) is 3.80. The molecule has 2 heterocycles. The quantitative estimate of drug-likeness (QED) is 0.823. The number of piperidine rings is 1. The van der Waals surface area contributed by atoms with Crippen LogP contribution < -0.4 is 24.8 Å². The number of ether oxygens (including phenoxy) is 3. The molecule has 1 atom stereocenters. The number of hydrogen-bond donors (Lipinski definition) is 1. The summed E-state index contributed by atoms with van der Waals surface area (Å²) in [4.78, 5) is 28.9. The Morgan fingerprint density at radius 2 is 1.67 bits per heavy atom. The molecule has 8 nitrogen and oxygen atoms in total. The van der Waals surface area contributed by atoms with E-state index in [1.807, 2.05) is 4.90 Å². The van der Waals surface area contributed by atoms with E-state index in [0.717, 1.165) is 12.8 Å². The first-order valence-electron chi connectivity index (χ1n) is 9.13. The van der Waals surface area contributed by atoms with E-state index in [2.05, 4.69) is 0 Å². The summed E-state index contributed by atoms with van der Waals surface area (Å²) in [6, 6.07) is 3.62. The highest BCUT2D eigenvalue weighted by molar-refractivity contribution is 6.00. The van der Waals surface area contributed by atoms with Crippen LogP contribution in [0.5, 0.6) is 17.2 Å². The van der Waals surface area contributed by atoms with Crippen LogP contribution in [0.1, 0.15) is 19.3 Å². The lowest BCUT2D eigenvalue weighted by atomic mass is 10.0. The number of benzene rings is 1. The van der Waals surface area contributed by atoms with E-state index in [1.165, 1.54) is 21.3 Å². The van der Waals surface area contributed by atoms with Crippen molar-refractivity contribution < 1.29 is 23.8 Å². The fourth-order valence-corrected chi connectivity index (χ4v) is 3.72. The number of hydrogen-bond acceptors (Lipinski definition) is 6. The van der Waals surface area contributed by atoms with Gasteiger partial charge in [0.25, 0.3) is 0 Å². The Hall–Kier alpha value is -2.48. The summed E-state index contributed by atoms with van der Waals surface area (Å²) in [5, 5.41) is 0. The molecular weight excluding hydrogens is 350 g/mol. The number of rotatable bonds is 5. The number of carbonyl (C=O) groups is 2. The summed E-state index contributed by atoms with van der Waals surface area (Å²) in [5.74, 6) is 1.01. The van der Waals surface area contributed by atoms with Gasteiger partial charge in [0, 0.05) is 44.2 Å². The first-order valence-corrected chi connectivity index (χ1v) is 9.13. The van der Waals surface area contributed by atoms with Crippen molar-refractivity contribution in [2.24, 2.45) is 11.7 Å². The first kappa shape index (κ1) is 19.3. The van der Waals surface area contributed by atoms with Crippen molar-refractivity contribution in [1.29, 1.82) is 0 Å². The molecule has 2 amide bonds. The van der Waals surface area contributed by atoms with Crippen molar-refractivity contribution in [2.45, 2.75) is 25.3 Å². The van der Waals surface area contributed by atoms with Gasteiger partial charge in [-0.05, 0) is 12.8 Å². The molecule has 0 spiro atoms. The average Bonchev–Trinajstić information content (AvgIpc) is 3.08. The molecule has 2 aliphatic rings. The Morgan fingerprint density at radius 3 is 2.19 bits per heavy atom. The van der Waals surface area contributed by atoms with Crippen molar-refractivity contribution in [2.75, 3.05) is 45.9 Å². The molecule has 0 bridgehead atoms. The molecule has 1 aromatic carbocycles. The SMILES string of the molecule is COc1cc(N2CC(C(=O)N3CCC(N)CC3)CC2=O)cc(OC)c1OC. The van der Waals surface area contributed by atoms with Crippen molar-refractivity contribution >= 4 is 17.5 Å². The summed E-state index contributed by atoms with van der Waals surface area (Å²) in [6.07, 6.45) is 1.82. The molecule has 3 rings (SSSR count). The van der Waals surface area contributed by atoms with Crippen LogP contribution in [0.4, 0.5) is 5.69 Å². The fourth-order valence-electron chi connectivity index (χ4n) is 3.72. The van der Waals surface area contributed by atoms with Gasteiger partial charge in [-0.2, -0.15) is 0 Å². The maximum Gasteiger partial charge on any atom is 0.228 e. The van der Waals surface area contributed by atoms with Gasteiger partial charge in [0.05, 0.1) is 32.9 Å². The standard InChI is InChI=1S/C19H27N3O5/c1-25-15-9-14(10-16(26-2)18(15)27-3)22-11-12(8-17(22)23)19(24)21-6-4-13(20)5-7-21/h9-10,12-13H,4-8,11,20H2,1-3H3. The van der Waals surface area contributed by atoms with Gasteiger partial charge in [0.15, 0.2) is 11.5 Å². The number of likely N-dealkylation sites (tertiary alicyclic amines) is 1. The summed E-state index contributed by atoms with van der Waals surface area (Å²) in [6.45, 7) is 1.67. The molecule has 148 valence electrons. The van der Waals surface area contributed by atoms with Crippen LogP contribution in [0.15, 0.2) is 12.1 Å². The maximum absolute atomic E-state index is 12.8. The Morgan fingerprint density at radius 1 is 1.07 bits per heavy atom. The molecule has 2 aliphatic heterocycles. The predicted octanol–water partition coefficient (Wildman–Crippen LogP) is 1.02. The second-order valence-corrected chi connectivity index (χ2v) is 6.95. The van der Waals surface area contributed by atoms with Crippen molar-refractivity contribution in [3.05, 3.63) is 12.1 Å². The zero-order valence-electron chi connectivity index (χ0n) is 16.1. The molecule has 2 saturated heterocycles. The number of methoxy groups -OCH3 is 3. The number of carbonyl (C=O) groups excluding carboxylic acids is 2. The zero-order chi connectivity index (χ0) is 19.6. The highest BCUT2D eigenvalue weighted by Crippen LogP contribution is 2.42. The van der Waals surface area contributed by atoms with Crippen LogP contribution in [0.25, 0.3) is 0 Å². The third-order valence-corrected chi connectivity index (χ3v) is 5.29. The predicted molar refractivity (Wildman–Crippen MR) is 100 cm³/mol. The van der Waals surface area contributed by atoms with Crippen LogP contribution >= 0.6 is 0 Å². The van der Waals surface area contributed by atoms with Crippen LogP contribution in [0, 0.1) is 5.92 Å². The maximum atomic E-state index is 12.8. The van der Waals surface area contributed by atoms with Crippen LogP contribution in [-0.2, 0) is 9.59 Å². The third-order valence-electron chi connectivity index (χ3n) is 5.29. The lowest BCUT2D eigenvalue weighted by Crippen LogP contribution is -2.45. The van der Waals surface area contributed by atoms with Crippen LogP contribution in [0.3, 0.4) is 0 Å². The molecule has 0 aromatic heterocycles. The van der Waals surface area contributed by atoms with Gasteiger partial charge in [0.2, 0.25) is 17.6 Å². The molecule has 2 N–H and O–H groups in total. The van der Waals surface area contributed by atoms with Gasteiger partial charge >= 0.3 is 0 Å². The van der Waals surface area contributed by atoms with Crippen molar-refractivity contribution in [3.63, 3.8) is 0 Å². The van der Waals surface area contributed by atoms with Crippen molar-refractivity contribution in [1.82, 2.24) is 4.90 Å². The van der Waals surface area contributed by atoms with Gasteiger partial charge in [0.1, 0.15) is 0 Å². The highest BCUT2D eigenvalue weighted by Gasteiger charge is 2.38. The van der Waals surface area contributed by atoms with E-state index in [-0.39, 0.29) is 30.2 Å². The summed E-state index contributed by atoms with van der Waals surface area (Å²) in [5.41, 5.74) is 6.54. The van der Waals surface area contributed by atoms with Gasteiger partial charge in [-0.25, -0.2) is 0 Å². The molecule has 2 fully saturated rings. The lowest BCUT2D eigenvalue weighted by molar-refractivity contribution is -0.136. The number of amides is 2.